The first-order chi connectivity index (χ1) is 10.0. The van der Waals surface area contributed by atoms with Gasteiger partial charge < -0.3 is 11.1 Å². The van der Waals surface area contributed by atoms with E-state index in [1.807, 2.05) is 0 Å². The Kier molecular flexibility index (Phi) is 4.60. The van der Waals surface area contributed by atoms with E-state index in [4.69, 9.17) is 5.73 Å². The Morgan fingerprint density at radius 3 is 2.71 bits per heavy atom. The Morgan fingerprint density at radius 1 is 1.48 bits per heavy atom. The SMILES string of the molecule is N#CC1=C(SCC(N)=O)NC(=O)CC1c1ccc(F)cc1. The molecule has 0 aromatic heterocycles. The number of hydrogen-bond acceptors (Lipinski definition) is 4. The summed E-state index contributed by atoms with van der Waals surface area (Å²) in [5, 5.41) is 12.3. The monoisotopic (exact) mass is 305 g/mol. The molecule has 1 aliphatic rings. The highest BCUT2D eigenvalue weighted by Gasteiger charge is 2.29. The largest absolute Gasteiger partial charge is 0.369 e. The summed E-state index contributed by atoms with van der Waals surface area (Å²) in [6, 6.07) is 7.73. The van der Waals surface area contributed by atoms with Crippen molar-refractivity contribution >= 4 is 23.6 Å². The number of carbonyl (C=O) groups is 2. The van der Waals surface area contributed by atoms with Gasteiger partial charge in [0.15, 0.2) is 0 Å². The van der Waals surface area contributed by atoms with Gasteiger partial charge in [-0.1, -0.05) is 23.9 Å². The first-order valence-electron chi connectivity index (χ1n) is 6.12. The highest BCUT2D eigenvalue weighted by Crippen LogP contribution is 2.35. The third kappa shape index (κ3) is 3.61. The van der Waals surface area contributed by atoms with Gasteiger partial charge in [0.25, 0.3) is 0 Å². The normalized spacial score (nSPS) is 18.1. The third-order valence-corrected chi connectivity index (χ3v) is 4.03. The predicted molar refractivity (Wildman–Crippen MR) is 76.2 cm³/mol. The summed E-state index contributed by atoms with van der Waals surface area (Å²) in [6.07, 6.45) is 0.106. The van der Waals surface area contributed by atoms with Crippen LogP contribution < -0.4 is 11.1 Å². The molecule has 1 aliphatic heterocycles. The van der Waals surface area contributed by atoms with E-state index in [1.165, 1.54) is 12.1 Å². The molecule has 0 saturated carbocycles. The number of primary amides is 1. The number of allylic oxidation sites excluding steroid dienone is 1. The lowest BCUT2D eigenvalue weighted by molar-refractivity contribution is -0.121. The average Bonchev–Trinajstić information content (AvgIpc) is 2.45. The van der Waals surface area contributed by atoms with Gasteiger partial charge in [-0.05, 0) is 17.7 Å². The lowest BCUT2D eigenvalue weighted by Crippen LogP contribution is -2.31. The number of nitriles is 1. The number of nitrogens with zero attached hydrogens (tertiary/aromatic N) is 1. The summed E-state index contributed by atoms with van der Waals surface area (Å²) in [6.45, 7) is 0. The van der Waals surface area contributed by atoms with Gasteiger partial charge in [-0.2, -0.15) is 5.26 Å². The molecule has 3 N–H and O–H groups in total. The maximum Gasteiger partial charge on any atom is 0.227 e. The van der Waals surface area contributed by atoms with Crippen molar-refractivity contribution in [2.24, 2.45) is 5.73 Å². The molecule has 21 heavy (non-hydrogen) atoms. The molecule has 5 nitrogen and oxygen atoms in total. The van der Waals surface area contributed by atoms with Crippen molar-refractivity contribution in [2.75, 3.05) is 5.75 Å². The lowest BCUT2D eigenvalue weighted by atomic mass is 9.87. The van der Waals surface area contributed by atoms with Gasteiger partial charge in [0.2, 0.25) is 11.8 Å². The number of benzene rings is 1. The minimum absolute atomic E-state index is 0.0308. The molecule has 2 rings (SSSR count). The van der Waals surface area contributed by atoms with Crippen LogP contribution in [0.15, 0.2) is 34.9 Å². The molecule has 1 unspecified atom stereocenters. The van der Waals surface area contributed by atoms with Crippen LogP contribution in [-0.2, 0) is 9.59 Å². The summed E-state index contributed by atoms with van der Waals surface area (Å²) in [4.78, 5) is 22.6. The minimum atomic E-state index is -0.539. The van der Waals surface area contributed by atoms with Crippen molar-refractivity contribution in [3.8, 4) is 6.07 Å². The van der Waals surface area contributed by atoms with E-state index in [0.717, 1.165) is 11.8 Å². The van der Waals surface area contributed by atoms with E-state index in [9.17, 15) is 19.2 Å². The van der Waals surface area contributed by atoms with Crippen molar-refractivity contribution in [3.05, 3.63) is 46.2 Å². The zero-order valence-corrected chi connectivity index (χ0v) is 11.7. The molecular formula is C14H12FN3O2S. The maximum atomic E-state index is 13.0. The van der Waals surface area contributed by atoms with Crippen LogP contribution in [0.3, 0.4) is 0 Å². The Morgan fingerprint density at radius 2 is 2.14 bits per heavy atom. The molecule has 0 spiro atoms. The van der Waals surface area contributed by atoms with Gasteiger partial charge in [-0.3, -0.25) is 9.59 Å². The molecule has 0 saturated heterocycles. The van der Waals surface area contributed by atoms with E-state index < -0.39 is 11.8 Å². The van der Waals surface area contributed by atoms with Crippen LogP contribution in [0.2, 0.25) is 0 Å². The first-order valence-corrected chi connectivity index (χ1v) is 7.10. The molecule has 7 heteroatoms. The van der Waals surface area contributed by atoms with Gasteiger partial charge in [-0.15, -0.1) is 0 Å². The molecule has 0 bridgehead atoms. The van der Waals surface area contributed by atoms with Crippen LogP contribution in [0.5, 0.6) is 0 Å². The van der Waals surface area contributed by atoms with E-state index in [0.29, 0.717) is 16.2 Å². The fraction of sp³-hybridized carbons (Fsp3) is 0.214. The van der Waals surface area contributed by atoms with E-state index in [-0.39, 0.29) is 23.9 Å². The van der Waals surface area contributed by atoms with Crippen molar-refractivity contribution < 1.29 is 14.0 Å². The zero-order chi connectivity index (χ0) is 15.4. The maximum absolute atomic E-state index is 13.0. The number of nitrogens with one attached hydrogen (secondary N) is 1. The standard InChI is InChI=1S/C14H12FN3O2S/c15-9-3-1-8(2-4-9)10-5-13(20)18-14(11(10)6-16)21-7-12(17)19/h1-4,10H,5,7H2,(H2,17,19)(H,18,20). The smallest absolute Gasteiger partial charge is 0.227 e. The Labute approximate surface area is 125 Å². The zero-order valence-electron chi connectivity index (χ0n) is 10.9. The number of carbonyl (C=O) groups excluding carboxylic acids is 2. The van der Waals surface area contributed by atoms with Crippen LogP contribution in [0.1, 0.15) is 17.9 Å². The number of halogens is 1. The first kappa shape index (κ1) is 15.1. The fourth-order valence-electron chi connectivity index (χ4n) is 2.06. The van der Waals surface area contributed by atoms with E-state index in [2.05, 4.69) is 11.4 Å². The highest BCUT2D eigenvalue weighted by atomic mass is 32.2. The predicted octanol–water partition coefficient (Wildman–Crippen LogP) is 1.38. The van der Waals surface area contributed by atoms with E-state index in [1.54, 1.807) is 12.1 Å². The molecule has 1 aromatic carbocycles. The number of amides is 2. The Bertz CT molecular complexity index is 649. The topological polar surface area (TPSA) is 96.0 Å². The Hall–Kier alpha value is -2.33. The van der Waals surface area contributed by atoms with Crippen LogP contribution in [0, 0.1) is 17.1 Å². The van der Waals surface area contributed by atoms with Crippen LogP contribution in [0.25, 0.3) is 0 Å². The third-order valence-electron chi connectivity index (χ3n) is 2.99. The molecule has 2 amide bonds. The van der Waals surface area contributed by atoms with Crippen LogP contribution >= 0.6 is 11.8 Å². The number of thioether (sulfide) groups is 1. The second kappa shape index (κ2) is 6.41. The van der Waals surface area contributed by atoms with Gasteiger partial charge >= 0.3 is 0 Å². The highest BCUT2D eigenvalue weighted by molar-refractivity contribution is 8.03. The summed E-state index contributed by atoms with van der Waals surface area (Å²) in [5.41, 5.74) is 6.11. The van der Waals surface area contributed by atoms with Crippen molar-refractivity contribution in [3.63, 3.8) is 0 Å². The second-order valence-corrected chi connectivity index (χ2v) is 5.45. The van der Waals surface area contributed by atoms with Crippen LogP contribution in [0.4, 0.5) is 4.39 Å². The van der Waals surface area contributed by atoms with Crippen molar-refractivity contribution in [2.45, 2.75) is 12.3 Å². The van der Waals surface area contributed by atoms with Gasteiger partial charge in [-0.25, -0.2) is 4.39 Å². The quantitative estimate of drug-likeness (QED) is 0.878. The van der Waals surface area contributed by atoms with Crippen molar-refractivity contribution in [1.82, 2.24) is 5.32 Å². The second-order valence-electron chi connectivity index (χ2n) is 4.47. The van der Waals surface area contributed by atoms with Gasteiger partial charge in [0, 0.05) is 12.3 Å². The molecule has 1 aromatic rings. The number of hydrogen-bond donors (Lipinski definition) is 2. The number of nitrogens with two attached hydrogens (primary N) is 1. The van der Waals surface area contributed by atoms with Crippen molar-refractivity contribution in [1.29, 1.82) is 5.26 Å². The molecular weight excluding hydrogens is 293 g/mol. The van der Waals surface area contributed by atoms with E-state index >= 15 is 0 Å². The summed E-state index contributed by atoms with van der Waals surface area (Å²) < 4.78 is 13.0. The average molecular weight is 305 g/mol. The molecule has 0 radical (unpaired) electrons. The van der Waals surface area contributed by atoms with Crippen LogP contribution in [-0.4, -0.2) is 17.6 Å². The molecule has 0 aliphatic carbocycles. The molecule has 108 valence electrons. The molecule has 1 atom stereocenters. The molecule has 0 fully saturated rings. The molecule has 1 heterocycles. The Balaban J connectivity index is 2.36. The number of rotatable bonds is 4. The van der Waals surface area contributed by atoms with Gasteiger partial charge in [0.1, 0.15) is 5.82 Å². The summed E-state index contributed by atoms with van der Waals surface area (Å²) >= 11 is 1.02. The summed E-state index contributed by atoms with van der Waals surface area (Å²) in [7, 11) is 0. The fourth-order valence-corrected chi connectivity index (χ4v) is 2.87. The van der Waals surface area contributed by atoms with Gasteiger partial charge in [0.05, 0.1) is 22.4 Å². The minimum Gasteiger partial charge on any atom is -0.369 e. The lowest BCUT2D eigenvalue weighted by Gasteiger charge is -2.24. The summed E-state index contributed by atoms with van der Waals surface area (Å²) in [5.74, 6) is -1.65.